The van der Waals surface area contributed by atoms with Crippen molar-refractivity contribution in [1.82, 2.24) is 15.6 Å². The molecule has 6 nitrogen and oxygen atoms in total. The zero-order chi connectivity index (χ0) is 18.9. The Labute approximate surface area is 154 Å². The Morgan fingerprint density at radius 2 is 1.77 bits per heavy atom. The van der Waals surface area contributed by atoms with Gasteiger partial charge in [0.2, 0.25) is 0 Å². The molecule has 138 valence electrons. The van der Waals surface area contributed by atoms with Crippen LogP contribution >= 0.6 is 0 Å². The molecule has 0 aliphatic heterocycles. The summed E-state index contributed by atoms with van der Waals surface area (Å²) in [6.45, 7) is 4.36. The number of nitrogens with zero attached hydrogens (tertiary/aromatic N) is 1. The van der Waals surface area contributed by atoms with Crippen molar-refractivity contribution in [3.05, 3.63) is 59.4 Å². The van der Waals surface area contributed by atoms with Crippen LogP contribution < -0.4 is 15.4 Å². The Balaban J connectivity index is 1.95. The van der Waals surface area contributed by atoms with E-state index < -0.39 is 0 Å². The number of aromatic nitrogens is 1. The lowest BCUT2D eigenvalue weighted by Gasteiger charge is -2.11. The summed E-state index contributed by atoms with van der Waals surface area (Å²) in [4.78, 5) is 28.6. The van der Waals surface area contributed by atoms with Crippen molar-refractivity contribution in [2.75, 3.05) is 13.7 Å². The fourth-order valence-corrected chi connectivity index (χ4v) is 2.40. The van der Waals surface area contributed by atoms with E-state index in [4.69, 9.17) is 4.74 Å². The summed E-state index contributed by atoms with van der Waals surface area (Å²) in [7, 11) is 1.62. The molecule has 0 spiro atoms. The molecular weight excluding hydrogens is 330 g/mol. The van der Waals surface area contributed by atoms with Crippen molar-refractivity contribution in [2.24, 2.45) is 0 Å². The minimum atomic E-state index is -0.307. The second kappa shape index (κ2) is 9.56. The van der Waals surface area contributed by atoms with Crippen molar-refractivity contribution in [2.45, 2.75) is 32.7 Å². The van der Waals surface area contributed by atoms with Crippen LogP contribution in [0.4, 0.5) is 0 Å². The van der Waals surface area contributed by atoms with Crippen LogP contribution in [-0.2, 0) is 6.42 Å². The summed E-state index contributed by atoms with van der Waals surface area (Å²) in [5.74, 6) is 0.213. The number of nitrogens with one attached hydrogen (secondary N) is 2. The van der Waals surface area contributed by atoms with Crippen LogP contribution in [-0.4, -0.2) is 36.5 Å². The van der Waals surface area contributed by atoms with Gasteiger partial charge in [-0.15, -0.1) is 0 Å². The van der Waals surface area contributed by atoms with Gasteiger partial charge in [-0.25, -0.2) is 4.98 Å². The molecule has 1 aromatic carbocycles. The molecule has 1 atom stereocenters. The molecule has 0 aliphatic carbocycles. The van der Waals surface area contributed by atoms with E-state index in [0.29, 0.717) is 13.0 Å². The maximum absolute atomic E-state index is 12.3. The monoisotopic (exact) mass is 355 g/mol. The molecule has 6 heteroatoms. The van der Waals surface area contributed by atoms with E-state index in [1.807, 2.05) is 38.1 Å². The lowest BCUT2D eigenvalue weighted by molar-refractivity contribution is 0.0933. The van der Waals surface area contributed by atoms with E-state index >= 15 is 0 Å². The Kier molecular flexibility index (Phi) is 7.14. The van der Waals surface area contributed by atoms with E-state index in [1.165, 1.54) is 0 Å². The SMILES string of the molecule is CCC(C)NC(=O)c1cccc(C(=O)NCCc2ccccc2OC)n1. The number of benzene rings is 1. The average molecular weight is 355 g/mol. The minimum absolute atomic E-state index is 0.0580. The fourth-order valence-electron chi connectivity index (χ4n) is 2.40. The highest BCUT2D eigenvalue weighted by Gasteiger charge is 2.13. The summed E-state index contributed by atoms with van der Waals surface area (Å²) in [5, 5.41) is 5.67. The number of para-hydroxylation sites is 1. The van der Waals surface area contributed by atoms with E-state index in [1.54, 1.807) is 25.3 Å². The van der Waals surface area contributed by atoms with Crippen molar-refractivity contribution < 1.29 is 14.3 Å². The standard InChI is InChI=1S/C20H25N3O3/c1-4-14(2)22-20(25)17-10-7-9-16(23-17)19(24)21-13-12-15-8-5-6-11-18(15)26-3/h5-11,14H,4,12-13H2,1-3H3,(H,21,24)(H,22,25). The number of rotatable bonds is 8. The Morgan fingerprint density at radius 1 is 1.08 bits per heavy atom. The summed E-state index contributed by atoms with van der Waals surface area (Å²) in [6, 6.07) is 12.6. The Bertz CT molecular complexity index is 761. The van der Waals surface area contributed by atoms with E-state index in [9.17, 15) is 9.59 Å². The first-order valence-electron chi connectivity index (χ1n) is 8.73. The molecule has 0 aliphatic rings. The highest BCUT2D eigenvalue weighted by Crippen LogP contribution is 2.17. The predicted molar refractivity (Wildman–Crippen MR) is 100 cm³/mol. The zero-order valence-electron chi connectivity index (χ0n) is 15.4. The van der Waals surface area contributed by atoms with Gasteiger partial charge in [-0.05, 0) is 43.5 Å². The van der Waals surface area contributed by atoms with Gasteiger partial charge < -0.3 is 15.4 Å². The van der Waals surface area contributed by atoms with E-state index in [2.05, 4.69) is 15.6 Å². The molecule has 2 amide bonds. The van der Waals surface area contributed by atoms with Gasteiger partial charge >= 0.3 is 0 Å². The van der Waals surface area contributed by atoms with Gasteiger partial charge in [-0.3, -0.25) is 9.59 Å². The van der Waals surface area contributed by atoms with Gasteiger partial charge in [-0.1, -0.05) is 31.2 Å². The predicted octanol–water partition coefficient (Wildman–Crippen LogP) is 2.59. The van der Waals surface area contributed by atoms with Gasteiger partial charge in [0.15, 0.2) is 0 Å². The number of methoxy groups -OCH3 is 1. The number of hydrogen-bond acceptors (Lipinski definition) is 4. The number of ether oxygens (including phenoxy) is 1. The third-order valence-corrected chi connectivity index (χ3v) is 4.08. The van der Waals surface area contributed by atoms with Crippen molar-refractivity contribution in [3.8, 4) is 5.75 Å². The summed E-state index contributed by atoms with van der Waals surface area (Å²) < 4.78 is 5.30. The lowest BCUT2D eigenvalue weighted by atomic mass is 10.1. The average Bonchev–Trinajstić information content (AvgIpc) is 2.68. The van der Waals surface area contributed by atoms with Crippen molar-refractivity contribution in [3.63, 3.8) is 0 Å². The summed E-state index contributed by atoms with van der Waals surface area (Å²) in [6.07, 6.45) is 1.47. The molecule has 26 heavy (non-hydrogen) atoms. The largest absolute Gasteiger partial charge is 0.496 e. The Hall–Kier alpha value is -2.89. The van der Waals surface area contributed by atoms with Gasteiger partial charge in [0.1, 0.15) is 17.1 Å². The van der Waals surface area contributed by atoms with Crippen molar-refractivity contribution >= 4 is 11.8 Å². The maximum atomic E-state index is 12.3. The Morgan fingerprint density at radius 3 is 2.46 bits per heavy atom. The van der Waals surface area contributed by atoms with Crippen LogP contribution in [0.25, 0.3) is 0 Å². The number of hydrogen-bond donors (Lipinski definition) is 2. The zero-order valence-corrected chi connectivity index (χ0v) is 15.4. The van der Waals surface area contributed by atoms with Crippen LogP contribution in [0, 0.1) is 0 Å². The molecule has 0 saturated heterocycles. The molecule has 2 rings (SSSR count). The van der Waals surface area contributed by atoms with Gasteiger partial charge in [0, 0.05) is 12.6 Å². The molecular formula is C20H25N3O3. The fraction of sp³-hybridized carbons (Fsp3) is 0.350. The first kappa shape index (κ1) is 19.4. The third-order valence-electron chi connectivity index (χ3n) is 4.08. The normalized spacial score (nSPS) is 11.5. The highest BCUT2D eigenvalue weighted by molar-refractivity contribution is 5.96. The highest BCUT2D eigenvalue weighted by atomic mass is 16.5. The maximum Gasteiger partial charge on any atom is 0.270 e. The van der Waals surface area contributed by atoms with Gasteiger partial charge in [-0.2, -0.15) is 0 Å². The van der Waals surface area contributed by atoms with E-state index in [0.717, 1.165) is 17.7 Å². The third kappa shape index (κ3) is 5.31. The quantitative estimate of drug-likeness (QED) is 0.763. The second-order valence-electron chi connectivity index (χ2n) is 6.01. The molecule has 0 fully saturated rings. The number of carbonyl (C=O) groups excluding carboxylic acids is 2. The molecule has 0 bridgehead atoms. The van der Waals surface area contributed by atoms with Gasteiger partial charge in [0.05, 0.1) is 7.11 Å². The van der Waals surface area contributed by atoms with E-state index in [-0.39, 0.29) is 29.2 Å². The molecule has 0 radical (unpaired) electrons. The summed E-state index contributed by atoms with van der Waals surface area (Å²) in [5.41, 5.74) is 1.48. The number of carbonyl (C=O) groups is 2. The lowest BCUT2D eigenvalue weighted by Crippen LogP contribution is -2.33. The molecule has 1 unspecified atom stereocenters. The molecule has 2 N–H and O–H groups in total. The van der Waals surface area contributed by atoms with Crippen LogP contribution in [0.5, 0.6) is 5.75 Å². The van der Waals surface area contributed by atoms with Gasteiger partial charge in [0.25, 0.3) is 11.8 Å². The van der Waals surface area contributed by atoms with Crippen LogP contribution in [0.3, 0.4) is 0 Å². The molecule has 2 aromatic rings. The number of amides is 2. The first-order chi connectivity index (χ1) is 12.5. The minimum Gasteiger partial charge on any atom is -0.496 e. The van der Waals surface area contributed by atoms with Crippen LogP contribution in [0.1, 0.15) is 46.8 Å². The first-order valence-corrected chi connectivity index (χ1v) is 8.73. The topological polar surface area (TPSA) is 80.3 Å². The van der Waals surface area contributed by atoms with Crippen LogP contribution in [0.2, 0.25) is 0 Å². The smallest absolute Gasteiger partial charge is 0.270 e. The summed E-state index contributed by atoms with van der Waals surface area (Å²) >= 11 is 0. The van der Waals surface area contributed by atoms with Crippen LogP contribution in [0.15, 0.2) is 42.5 Å². The molecule has 1 heterocycles. The molecule has 1 aromatic heterocycles. The molecule has 0 saturated carbocycles. The van der Waals surface area contributed by atoms with Crippen molar-refractivity contribution in [1.29, 1.82) is 0 Å². The number of pyridine rings is 1. The second-order valence-corrected chi connectivity index (χ2v) is 6.01.